The highest BCUT2D eigenvalue weighted by Crippen LogP contribution is 2.23. The van der Waals surface area contributed by atoms with Crippen LogP contribution in [0.25, 0.3) is 11.0 Å². The molecule has 130 valence electrons. The lowest BCUT2D eigenvalue weighted by Crippen LogP contribution is -2.27. The molecule has 0 saturated carbocycles. The predicted octanol–water partition coefficient (Wildman–Crippen LogP) is 1.94. The van der Waals surface area contributed by atoms with Gasteiger partial charge in [0, 0.05) is 19.2 Å². The van der Waals surface area contributed by atoms with Gasteiger partial charge in [0.2, 0.25) is 0 Å². The highest BCUT2D eigenvalue weighted by molar-refractivity contribution is 5.75. The Morgan fingerprint density at radius 2 is 1.85 bits per heavy atom. The van der Waals surface area contributed by atoms with Crippen molar-refractivity contribution in [2.75, 3.05) is 5.01 Å². The van der Waals surface area contributed by atoms with E-state index in [0.717, 1.165) is 22.3 Å². The zero-order chi connectivity index (χ0) is 18.1. The second kappa shape index (κ2) is 6.24. The SMILES string of the molecule is Cn1nnc2cc(CN(c3ccc([N+](=O)[O-])cc3)n3cnnc3)ccc21. The lowest BCUT2D eigenvalue weighted by atomic mass is 10.2. The van der Waals surface area contributed by atoms with E-state index in [2.05, 4.69) is 20.5 Å². The van der Waals surface area contributed by atoms with E-state index in [1.807, 2.05) is 30.3 Å². The van der Waals surface area contributed by atoms with E-state index in [-0.39, 0.29) is 5.69 Å². The summed E-state index contributed by atoms with van der Waals surface area (Å²) in [6, 6.07) is 12.2. The van der Waals surface area contributed by atoms with E-state index in [1.165, 1.54) is 12.1 Å². The number of hydrogen-bond donors (Lipinski definition) is 0. The molecule has 0 unspecified atom stereocenters. The quantitative estimate of drug-likeness (QED) is 0.400. The minimum Gasteiger partial charge on any atom is -0.274 e. The molecule has 4 aromatic rings. The van der Waals surface area contributed by atoms with Gasteiger partial charge in [-0.3, -0.25) is 15.1 Å². The second-order valence-corrected chi connectivity index (χ2v) is 5.71. The van der Waals surface area contributed by atoms with Crippen LogP contribution in [-0.4, -0.2) is 34.8 Å². The Morgan fingerprint density at radius 3 is 2.54 bits per heavy atom. The first-order chi connectivity index (χ1) is 12.6. The molecule has 0 aliphatic heterocycles. The zero-order valence-corrected chi connectivity index (χ0v) is 13.8. The van der Waals surface area contributed by atoms with Crippen LogP contribution in [0, 0.1) is 10.1 Å². The van der Waals surface area contributed by atoms with Crippen molar-refractivity contribution in [3.05, 3.63) is 70.8 Å². The van der Waals surface area contributed by atoms with Gasteiger partial charge in [0.05, 0.1) is 22.7 Å². The standard InChI is InChI=1S/C16H14N8O2/c1-21-16-7-2-12(8-15(16)19-20-21)9-23(22-10-17-18-11-22)13-3-5-14(6-4-13)24(25)26/h2-8,10-11H,9H2,1H3. The van der Waals surface area contributed by atoms with E-state index in [1.54, 1.807) is 34.1 Å². The van der Waals surface area contributed by atoms with Crippen LogP contribution in [0.15, 0.2) is 55.1 Å². The Bertz CT molecular complexity index is 1060. The molecule has 0 N–H and O–H groups in total. The molecule has 2 heterocycles. The number of fused-ring (bicyclic) bond motifs is 1. The van der Waals surface area contributed by atoms with E-state index < -0.39 is 4.92 Å². The van der Waals surface area contributed by atoms with E-state index >= 15 is 0 Å². The van der Waals surface area contributed by atoms with Crippen LogP contribution in [0.3, 0.4) is 0 Å². The first-order valence-corrected chi connectivity index (χ1v) is 7.77. The van der Waals surface area contributed by atoms with Gasteiger partial charge in [0.1, 0.15) is 18.2 Å². The number of benzene rings is 2. The van der Waals surface area contributed by atoms with Crippen LogP contribution < -0.4 is 5.01 Å². The molecule has 0 bridgehead atoms. The number of nitrogens with zero attached hydrogens (tertiary/aromatic N) is 8. The Morgan fingerprint density at radius 1 is 1.12 bits per heavy atom. The first kappa shape index (κ1) is 15.7. The molecule has 10 nitrogen and oxygen atoms in total. The normalized spacial score (nSPS) is 11.0. The van der Waals surface area contributed by atoms with Crippen LogP contribution in [0.2, 0.25) is 0 Å². The number of nitro groups is 1. The number of non-ortho nitro benzene ring substituents is 1. The van der Waals surface area contributed by atoms with Gasteiger partial charge in [-0.15, -0.1) is 15.3 Å². The molecule has 0 saturated heterocycles. The summed E-state index contributed by atoms with van der Waals surface area (Å²) < 4.78 is 3.44. The number of nitro benzene ring substituents is 1. The summed E-state index contributed by atoms with van der Waals surface area (Å²) in [6.45, 7) is 0.502. The average molecular weight is 350 g/mol. The molecule has 0 aliphatic carbocycles. The zero-order valence-electron chi connectivity index (χ0n) is 13.8. The summed E-state index contributed by atoms with van der Waals surface area (Å²) in [5, 5.41) is 28.6. The average Bonchev–Trinajstić information content (AvgIpc) is 3.30. The monoisotopic (exact) mass is 350 g/mol. The van der Waals surface area contributed by atoms with Crippen molar-refractivity contribution in [2.24, 2.45) is 7.05 Å². The maximum absolute atomic E-state index is 10.9. The number of aromatic nitrogens is 6. The van der Waals surface area contributed by atoms with Gasteiger partial charge in [0.25, 0.3) is 5.69 Å². The summed E-state index contributed by atoms with van der Waals surface area (Å²) in [5.41, 5.74) is 3.57. The molecule has 0 atom stereocenters. The Labute approximate surface area is 147 Å². The van der Waals surface area contributed by atoms with Crippen LogP contribution in [0.4, 0.5) is 11.4 Å². The molecular formula is C16H14N8O2. The molecule has 0 aliphatic rings. The number of rotatable bonds is 5. The third kappa shape index (κ3) is 2.83. The van der Waals surface area contributed by atoms with Crippen molar-refractivity contribution in [3.8, 4) is 0 Å². The van der Waals surface area contributed by atoms with Gasteiger partial charge in [-0.1, -0.05) is 11.3 Å². The molecule has 2 aromatic carbocycles. The Balaban J connectivity index is 1.70. The van der Waals surface area contributed by atoms with Gasteiger partial charge in [-0.2, -0.15) is 0 Å². The van der Waals surface area contributed by atoms with Gasteiger partial charge >= 0.3 is 0 Å². The Kier molecular flexibility index (Phi) is 3.77. The fraction of sp³-hybridized carbons (Fsp3) is 0.125. The molecular weight excluding hydrogens is 336 g/mol. The Hall–Kier alpha value is -3.82. The summed E-state index contributed by atoms with van der Waals surface area (Å²) >= 11 is 0. The van der Waals surface area contributed by atoms with Crippen LogP contribution in [0.5, 0.6) is 0 Å². The minimum atomic E-state index is -0.422. The van der Waals surface area contributed by atoms with E-state index in [4.69, 9.17) is 0 Å². The van der Waals surface area contributed by atoms with Crippen LogP contribution in [0.1, 0.15) is 5.56 Å². The van der Waals surface area contributed by atoms with Gasteiger partial charge in [-0.25, -0.2) is 9.36 Å². The van der Waals surface area contributed by atoms with Gasteiger partial charge < -0.3 is 0 Å². The van der Waals surface area contributed by atoms with Crippen molar-refractivity contribution in [1.29, 1.82) is 0 Å². The maximum atomic E-state index is 10.9. The number of anilines is 1. The van der Waals surface area contributed by atoms with E-state index in [0.29, 0.717) is 6.54 Å². The molecule has 2 aromatic heterocycles. The smallest absolute Gasteiger partial charge is 0.269 e. The third-order valence-electron chi connectivity index (χ3n) is 4.05. The molecule has 4 rings (SSSR count). The molecule has 10 heteroatoms. The fourth-order valence-electron chi connectivity index (χ4n) is 2.73. The highest BCUT2D eigenvalue weighted by Gasteiger charge is 2.13. The van der Waals surface area contributed by atoms with Gasteiger partial charge in [-0.05, 0) is 29.8 Å². The first-order valence-electron chi connectivity index (χ1n) is 7.77. The lowest BCUT2D eigenvalue weighted by molar-refractivity contribution is -0.384. The molecule has 0 radical (unpaired) electrons. The number of hydrogen-bond acceptors (Lipinski definition) is 7. The van der Waals surface area contributed by atoms with Crippen molar-refractivity contribution in [1.82, 2.24) is 29.9 Å². The van der Waals surface area contributed by atoms with Crippen LogP contribution >= 0.6 is 0 Å². The van der Waals surface area contributed by atoms with Crippen molar-refractivity contribution < 1.29 is 4.92 Å². The largest absolute Gasteiger partial charge is 0.274 e. The molecule has 26 heavy (non-hydrogen) atoms. The molecule has 0 amide bonds. The highest BCUT2D eigenvalue weighted by atomic mass is 16.6. The number of aryl methyl sites for hydroxylation is 1. The van der Waals surface area contributed by atoms with E-state index in [9.17, 15) is 10.1 Å². The van der Waals surface area contributed by atoms with Crippen molar-refractivity contribution in [2.45, 2.75) is 6.54 Å². The molecule has 0 spiro atoms. The topological polar surface area (TPSA) is 108 Å². The predicted molar refractivity (Wildman–Crippen MR) is 93.2 cm³/mol. The minimum absolute atomic E-state index is 0.0402. The van der Waals surface area contributed by atoms with Crippen LogP contribution in [-0.2, 0) is 13.6 Å². The summed E-state index contributed by atoms with van der Waals surface area (Å²) in [4.78, 5) is 10.5. The molecule has 0 fully saturated rings. The maximum Gasteiger partial charge on any atom is 0.269 e. The fourth-order valence-corrected chi connectivity index (χ4v) is 2.73. The third-order valence-corrected chi connectivity index (χ3v) is 4.05. The second-order valence-electron chi connectivity index (χ2n) is 5.71. The summed E-state index contributed by atoms with van der Waals surface area (Å²) in [7, 11) is 1.84. The van der Waals surface area contributed by atoms with Crippen molar-refractivity contribution in [3.63, 3.8) is 0 Å². The van der Waals surface area contributed by atoms with Gasteiger partial charge in [0.15, 0.2) is 0 Å². The summed E-state index contributed by atoms with van der Waals surface area (Å²) in [5.74, 6) is 0. The lowest BCUT2D eigenvalue weighted by Gasteiger charge is -2.24. The van der Waals surface area contributed by atoms with Crippen molar-refractivity contribution >= 4 is 22.4 Å². The summed E-state index contributed by atoms with van der Waals surface area (Å²) in [6.07, 6.45) is 3.14.